The maximum absolute atomic E-state index is 11.4. The fourth-order valence-corrected chi connectivity index (χ4v) is 5.53. The molecule has 0 amide bonds. The lowest BCUT2D eigenvalue weighted by Gasteiger charge is -2.23. The van der Waals surface area contributed by atoms with Crippen molar-refractivity contribution in [1.29, 1.82) is 0 Å². The fourth-order valence-electron chi connectivity index (χ4n) is 5.53. The number of imidazole rings is 1. The number of unbranched alkanes of at least 4 members (excludes halogenated alkanes) is 2. The van der Waals surface area contributed by atoms with Crippen LogP contribution in [0.5, 0.6) is 5.75 Å². The van der Waals surface area contributed by atoms with Crippen molar-refractivity contribution >= 4 is 27.8 Å². The van der Waals surface area contributed by atoms with Crippen molar-refractivity contribution in [3.05, 3.63) is 60.7 Å². The molecule has 5 nitrogen and oxygen atoms in total. The van der Waals surface area contributed by atoms with Crippen LogP contribution in [0.2, 0.25) is 0 Å². The highest BCUT2D eigenvalue weighted by molar-refractivity contribution is 5.89. The lowest BCUT2D eigenvalue weighted by molar-refractivity contribution is -0.143. The average molecular weight is 499 g/mol. The van der Waals surface area contributed by atoms with Crippen LogP contribution in [0.15, 0.2) is 60.7 Å². The summed E-state index contributed by atoms with van der Waals surface area (Å²) in [6.45, 7) is 3.98. The van der Waals surface area contributed by atoms with E-state index in [1.165, 1.54) is 48.4 Å². The highest BCUT2D eigenvalue weighted by Crippen LogP contribution is 2.32. The van der Waals surface area contributed by atoms with E-state index in [-0.39, 0.29) is 5.97 Å². The van der Waals surface area contributed by atoms with Gasteiger partial charge >= 0.3 is 5.97 Å². The van der Waals surface area contributed by atoms with Crippen LogP contribution in [0.3, 0.4) is 0 Å². The molecule has 37 heavy (non-hydrogen) atoms. The Labute approximate surface area is 219 Å². The first kappa shape index (κ1) is 25.3. The quantitative estimate of drug-likeness (QED) is 0.156. The van der Waals surface area contributed by atoms with Gasteiger partial charge in [0, 0.05) is 18.5 Å². The normalized spacial score (nSPS) is 14.3. The first-order valence-electron chi connectivity index (χ1n) is 14.0. The Bertz CT molecular complexity index is 1340. The van der Waals surface area contributed by atoms with Crippen molar-refractivity contribution in [2.24, 2.45) is 5.92 Å². The molecule has 0 saturated heterocycles. The minimum absolute atomic E-state index is 0.109. The Kier molecular flexibility index (Phi) is 8.39. The number of fused-ring (bicyclic) bond motifs is 2. The standard InChI is InChI=1S/C32H38N2O3/c1-2-36-31(35)15-7-4-10-20-37-28-19-18-25-21-27(17-16-26(25)22-28)32-33-29-13-8-9-14-30(29)34(32)23-24-11-5-3-6-12-24/h8-9,13-14,16-19,21-22,24H,2-7,10-12,15,20,23H2,1H3. The Morgan fingerprint density at radius 2 is 1.76 bits per heavy atom. The van der Waals surface area contributed by atoms with Gasteiger partial charge in [-0.25, -0.2) is 4.98 Å². The summed E-state index contributed by atoms with van der Waals surface area (Å²) in [6, 6.07) is 21.5. The number of nitrogens with zero attached hydrogens (tertiary/aromatic N) is 2. The summed E-state index contributed by atoms with van der Waals surface area (Å²) in [7, 11) is 0. The molecule has 0 aliphatic heterocycles. The van der Waals surface area contributed by atoms with Crippen LogP contribution < -0.4 is 4.74 Å². The largest absolute Gasteiger partial charge is 0.494 e. The second kappa shape index (κ2) is 12.3. The molecule has 0 atom stereocenters. The Hall–Kier alpha value is -3.34. The van der Waals surface area contributed by atoms with Crippen molar-refractivity contribution < 1.29 is 14.3 Å². The number of carbonyl (C=O) groups excluding carboxylic acids is 1. The minimum atomic E-state index is -0.109. The number of hydrogen-bond donors (Lipinski definition) is 0. The molecule has 3 aromatic carbocycles. The van der Waals surface area contributed by atoms with Crippen molar-refractivity contribution in [3.8, 4) is 17.1 Å². The third kappa shape index (κ3) is 6.33. The summed E-state index contributed by atoms with van der Waals surface area (Å²) in [6.07, 6.45) is 9.91. The topological polar surface area (TPSA) is 53.4 Å². The van der Waals surface area contributed by atoms with Crippen LogP contribution in [0.25, 0.3) is 33.2 Å². The van der Waals surface area contributed by atoms with E-state index in [1.54, 1.807) is 0 Å². The lowest BCUT2D eigenvalue weighted by Crippen LogP contribution is -2.14. The third-order valence-corrected chi connectivity index (χ3v) is 7.49. The van der Waals surface area contributed by atoms with Gasteiger partial charge in [-0.1, -0.05) is 49.6 Å². The van der Waals surface area contributed by atoms with E-state index in [0.29, 0.717) is 19.6 Å². The molecule has 1 saturated carbocycles. The predicted octanol–water partition coefficient (Wildman–Crippen LogP) is 7.94. The highest BCUT2D eigenvalue weighted by Gasteiger charge is 2.19. The number of esters is 1. The van der Waals surface area contributed by atoms with Crippen LogP contribution in [0.1, 0.15) is 64.7 Å². The number of benzene rings is 3. The molecule has 1 aliphatic rings. The summed E-state index contributed by atoms with van der Waals surface area (Å²) in [5, 5.41) is 2.36. The van der Waals surface area contributed by atoms with Crippen molar-refractivity contribution in [1.82, 2.24) is 9.55 Å². The number of aromatic nitrogens is 2. The zero-order valence-electron chi connectivity index (χ0n) is 22.0. The monoisotopic (exact) mass is 498 g/mol. The van der Waals surface area contributed by atoms with Crippen molar-refractivity contribution in [3.63, 3.8) is 0 Å². The molecule has 4 aromatic rings. The van der Waals surface area contributed by atoms with E-state index < -0.39 is 0 Å². The van der Waals surface area contributed by atoms with E-state index in [9.17, 15) is 4.79 Å². The van der Waals surface area contributed by atoms with Crippen LogP contribution in [-0.4, -0.2) is 28.7 Å². The molecule has 1 aliphatic carbocycles. The number of para-hydroxylation sites is 2. The maximum atomic E-state index is 11.4. The fraction of sp³-hybridized carbons (Fsp3) is 0.438. The second-order valence-electron chi connectivity index (χ2n) is 10.2. The molecule has 1 aromatic heterocycles. The Morgan fingerprint density at radius 3 is 2.62 bits per heavy atom. The molecule has 5 heteroatoms. The van der Waals surface area contributed by atoms with Gasteiger partial charge in [0.2, 0.25) is 0 Å². The molecule has 1 heterocycles. The van der Waals surface area contributed by atoms with Crippen molar-refractivity contribution in [2.45, 2.75) is 71.3 Å². The van der Waals surface area contributed by atoms with Crippen LogP contribution in [0.4, 0.5) is 0 Å². The Balaban J connectivity index is 1.27. The molecular formula is C32H38N2O3. The van der Waals surface area contributed by atoms with Crippen LogP contribution in [0, 0.1) is 5.92 Å². The van der Waals surface area contributed by atoms with Gasteiger partial charge in [0.05, 0.1) is 24.2 Å². The zero-order chi connectivity index (χ0) is 25.5. The number of carbonyl (C=O) groups is 1. The maximum Gasteiger partial charge on any atom is 0.305 e. The molecule has 0 unspecified atom stereocenters. The van der Waals surface area contributed by atoms with E-state index in [1.807, 2.05) is 6.92 Å². The summed E-state index contributed by atoms with van der Waals surface area (Å²) in [5.41, 5.74) is 3.46. The third-order valence-electron chi connectivity index (χ3n) is 7.49. The second-order valence-corrected chi connectivity index (χ2v) is 10.2. The SMILES string of the molecule is CCOC(=O)CCCCCOc1ccc2cc(-c3nc4ccccc4n3CC3CCCCC3)ccc2c1. The predicted molar refractivity (Wildman–Crippen MR) is 150 cm³/mol. The number of hydrogen-bond acceptors (Lipinski definition) is 4. The molecule has 0 spiro atoms. The van der Waals surface area contributed by atoms with Gasteiger partial charge in [0.25, 0.3) is 0 Å². The van der Waals surface area contributed by atoms with Crippen molar-refractivity contribution in [2.75, 3.05) is 13.2 Å². The number of ether oxygens (including phenoxy) is 2. The minimum Gasteiger partial charge on any atom is -0.494 e. The summed E-state index contributed by atoms with van der Waals surface area (Å²) in [5.74, 6) is 2.57. The molecule has 0 radical (unpaired) electrons. The van der Waals surface area contributed by atoms with E-state index in [2.05, 4.69) is 65.2 Å². The van der Waals surface area contributed by atoms with Gasteiger partial charge < -0.3 is 14.0 Å². The van der Waals surface area contributed by atoms with Gasteiger partial charge in [-0.3, -0.25) is 4.79 Å². The lowest BCUT2D eigenvalue weighted by atomic mass is 9.89. The van der Waals surface area contributed by atoms with Gasteiger partial charge in [-0.05, 0) is 86.1 Å². The molecule has 5 rings (SSSR count). The summed E-state index contributed by atoms with van der Waals surface area (Å²) in [4.78, 5) is 16.5. The highest BCUT2D eigenvalue weighted by atomic mass is 16.5. The van der Waals surface area contributed by atoms with Gasteiger partial charge in [-0.2, -0.15) is 0 Å². The molecule has 0 N–H and O–H groups in total. The Morgan fingerprint density at radius 1 is 0.946 bits per heavy atom. The van der Waals surface area contributed by atoms with E-state index in [0.717, 1.165) is 54.4 Å². The molecule has 194 valence electrons. The molecule has 0 bridgehead atoms. The van der Waals surface area contributed by atoms with Crippen LogP contribution >= 0.6 is 0 Å². The van der Waals surface area contributed by atoms with E-state index >= 15 is 0 Å². The van der Waals surface area contributed by atoms with Gasteiger partial charge in [0.15, 0.2) is 0 Å². The smallest absolute Gasteiger partial charge is 0.305 e. The molecule has 1 fully saturated rings. The van der Waals surface area contributed by atoms with Crippen LogP contribution in [-0.2, 0) is 16.1 Å². The number of rotatable bonds is 11. The summed E-state index contributed by atoms with van der Waals surface area (Å²) < 4.78 is 13.4. The average Bonchev–Trinajstić information content (AvgIpc) is 3.29. The first-order valence-corrected chi connectivity index (χ1v) is 14.0. The first-order chi connectivity index (χ1) is 18.2. The van der Waals surface area contributed by atoms with E-state index in [4.69, 9.17) is 14.5 Å². The summed E-state index contributed by atoms with van der Waals surface area (Å²) >= 11 is 0. The molecular weight excluding hydrogens is 460 g/mol. The van der Waals surface area contributed by atoms with Gasteiger partial charge in [-0.15, -0.1) is 0 Å². The van der Waals surface area contributed by atoms with Gasteiger partial charge in [0.1, 0.15) is 11.6 Å². The zero-order valence-corrected chi connectivity index (χ0v) is 22.0.